The number of anilines is 1. The number of carbonyl (C=O) groups is 1. The molecule has 8 heteroatoms. The molecule has 0 spiro atoms. The molecule has 3 rings (SSSR count). The molecule has 0 atom stereocenters. The Morgan fingerprint density at radius 2 is 2.11 bits per heavy atom. The summed E-state index contributed by atoms with van der Waals surface area (Å²) in [5.74, 6) is 0.386. The van der Waals surface area contributed by atoms with Crippen LogP contribution in [-0.4, -0.2) is 37.7 Å². The quantitative estimate of drug-likeness (QED) is 0.812. The maximum atomic E-state index is 13.2. The van der Waals surface area contributed by atoms with Crippen LogP contribution in [-0.2, 0) is 23.9 Å². The van der Waals surface area contributed by atoms with E-state index in [0.717, 1.165) is 6.07 Å². The maximum Gasteiger partial charge on any atom is 0.416 e. The number of aromatic nitrogens is 1. The predicted octanol–water partition coefficient (Wildman–Crippen LogP) is 3.04. The van der Waals surface area contributed by atoms with Crippen molar-refractivity contribution in [3.05, 3.63) is 58.8 Å². The Morgan fingerprint density at radius 3 is 2.78 bits per heavy atom. The average Bonchev–Trinajstić information content (AvgIpc) is 2.66. The van der Waals surface area contributed by atoms with E-state index in [0.29, 0.717) is 55.2 Å². The van der Waals surface area contributed by atoms with Gasteiger partial charge in [-0.05, 0) is 35.7 Å². The minimum Gasteiger partial charge on any atom is -0.383 e. The number of amides is 1. The Bertz CT molecular complexity index is 807. The van der Waals surface area contributed by atoms with Gasteiger partial charge in [0.05, 0.1) is 17.7 Å². The van der Waals surface area contributed by atoms with Gasteiger partial charge in [0.15, 0.2) is 0 Å². The molecule has 2 aromatic rings. The highest BCUT2D eigenvalue weighted by Gasteiger charge is 2.35. The fourth-order valence-electron chi connectivity index (χ4n) is 3.15. The molecular weight excluding hydrogens is 359 g/mol. The second-order valence-corrected chi connectivity index (χ2v) is 6.27. The second-order valence-electron chi connectivity index (χ2n) is 6.27. The van der Waals surface area contributed by atoms with E-state index in [1.807, 2.05) is 4.90 Å². The highest BCUT2D eigenvalue weighted by Crippen LogP contribution is 2.36. The van der Waals surface area contributed by atoms with Crippen LogP contribution in [0.3, 0.4) is 0 Å². The van der Waals surface area contributed by atoms with Gasteiger partial charge in [0.1, 0.15) is 5.82 Å². The zero-order valence-corrected chi connectivity index (χ0v) is 14.8. The third-order valence-electron chi connectivity index (χ3n) is 4.50. The van der Waals surface area contributed by atoms with E-state index < -0.39 is 11.7 Å². The van der Waals surface area contributed by atoms with Crippen molar-refractivity contribution < 1.29 is 22.7 Å². The molecule has 0 unspecified atom stereocenters. The normalized spacial score (nSPS) is 14.0. The van der Waals surface area contributed by atoms with Crippen LogP contribution in [0.1, 0.15) is 27.0 Å². The molecule has 1 aromatic carbocycles. The topological polar surface area (TPSA) is 54.5 Å². The van der Waals surface area contributed by atoms with Crippen LogP contribution in [0, 0.1) is 0 Å². The molecule has 2 heterocycles. The molecule has 1 aliphatic rings. The zero-order chi connectivity index (χ0) is 19.4. The summed E-state index contributed by atoms with van der Waals surface area (Å²) in [7, 11) is 1.55. The van der Waals surface area contributed by atoms with Gasteiger partial charge in [0.2, 0.25) is 0 Å². The summed E-state index contributed by atoms with van der Waals surface area (Å²) in [6.45, 7) is 1.62. The summed E-state index contributed by atoms with van der Waals surface area (Å²) >= 11 is 0. The number of nitrogens with one attached hydrogen (secondary N) is 1. The number of nitrogens with zero attached hydrogens (tertiary/aromatic N) is 2. The van der Waals surface area contributed by atoms with Crippen molar-refractivity contribution in [3.63, 3.8) is 0 Å². The van der Waals surface area contributed by atoms with Gasteiger partial charge in [-0.3, -0.25) is 4.79 Å². The molecule has 27 heavy (non-hydrogen) atoms. The molecule has 1 aromatic heterocycles. The summed E-state index contributed by atoms with van der Waals surface area (Å²) in [6, 6.07) is 7.65. The van der Waals surface area contributed by atoms with Crippen LogP contribution < -0.4 is 10.2 Å². The largest absolute Gasteiger partial charge is 0.416 e. The molecule has 0 saturated carbocycles. The summed E-state index contributed by atoms with van der Waals surface area (Å²) in [5.41, 5.74) is 0.872. The lowest BCUT2D eigenvalue weighted by molar-refractivity contribution is -0.138. The van der Waals surface area contributed by atoms with Gasteiger partial charge in [0.25, 0.3) is 5.91 Å². The van der Waals surface area contributed by atoms with Crippen molar-refractivity contribution in [2.24, 2.45) is 0 Å². The number of hydrogen-bond acceptors (Lipinski definition) is 4. The average molecular weight is 379 g/mol. The van der Waals surface area contributed by atoms with Crippen LogP contribution in [0.5, 0.6) is 0 Å². The van der Waals surface area contributed by atoms with E-state index in [1.165, 1.54) is 12.3 Å². The van der Waals surface area contributed by atoms with Gasteiger partial charge in [-0.25, -0.2) is 4.98 Å². The highest BCUT2D eigenvalue weighted by atomic mass is 19.4. The van der Waals surface area contributed by atoms with Crippen molar-refractivity contribution in [2.45, 2.75) is 19.1 Å². The first kappa shape index (κ1) is 19.2. The summed E-state index contributed by atoms with van der Waals surface area (Å²) in [5, 5.41) is 2.71. The van der Waals surface area contributed by atoms with Crippen LogP contribution in [0.15, 0.2) is 36.5 Å². The van der Waals surface area contributed by atoms with Gasteiger partial charge in [-0.2, -0.15) is 13.2 Å². The van der Waals surface area contributed by atoms with Gasteiger partial charge < -0.3 is 15.0 Å². The lowest BCUT2D eigenvalue weighted by Crippen LogP contribution is -2.32. The Labute approximate surface area is 155 Å². The van der Waals surface area contributed by atoms with E-state index in [-0.39, 0.29) is 5.91 Å². The van der Waals surface area contributed by atoms with Crippen LogP contribution in [0.25, 0.3) is 0 Å². The van der Waals surface area contributed by atoms with E-state index in [1.54, 1.807) is 25.3 Å². The summed E-state index contributed by atoms with van der Waals surface area (Å²) in [6.07, 6.45) is -2.57. The predicted molar refractivity (Wildman–Crippen MR) is 94.6 cm³/mol. The number of fused-ring (bicyclic) bond motifs is 1. The molecule has 0 fully saturated rings. The van der Waals surface area contributed by atoms with Crippen LogP contribution in [0.2, 0.25) is 0 Å². The third-order valence-corrected chi connectivity index (χ3v) is 4.50. The number of pyridine rings is 1. The first-order valence-electron chi connectivity index (χ1n) is 8.56. The lowest BCUT2D eigenvalue weighted by atomic mass is 9.94. The number of methoxy groups -OCH3 is 1. The number of ether oxygens (including phenoxy) is 1. The molecule has 0 aliphatic carbocycles. The number of hydrogen-bond donors (Lipinski definition) is 1. The number of carbonyl (C=O) groups excluding carboxylic acids is 1. The van der Waals surface area contributed by atoms with E-state index >= 15 is 0 Å². The zero-order valence-electron chi connectivity index (χ0n) is 14.8. The molecule has 5 nitrogen and oxygen atoms in total. The SMILES string of the molecule is COCCNC(=O)c1ccc(N2CCc3c(cccc3C(F)(F)F)C2)nc1. The van der Waals surface area contributed by atoms with Gasteiger partial charge in [-0.15, -0.1) is 0 Å². The first-order valence-corrected chi connectivity index (χ1v) is 8.56. The monoisotopic (exact) mass is 379 g/mol. The van der Waals surface area contributed by atoms with Crippen molar-refractivity contribution in [3.8, 4) is 0 Å². The fourth-order valence-corrected chi connectivity index (χ4v) is 3.15. The lowest BCUT2D eigenvalue weighted by Gasteiger charge is -2.31. The smallest absolute Gasteiger partial charge is 0.383 e. The Kier molecular flexibility index (Phi) is 5.65. The molecule has 1 N–H and O–H groups in total. The van der Waals surface area contributed by atoms with Crippen molar-refractivity contribution in [1.29, 1.82) is 0 Å². The van der Waals surface area contributed by atoms with Gasteiger partial charge in [0, 0.05) is 32.9 Å². The maximum absolute atomic E-state index is 13.2. The Morgan fingerprint density at radius 1 is 1.30 bits per heavy atom. The third kappa shape index (κ3) is 4.39. The molecular formula is C19H20F3N3O2. The number of halogens is 3. The molecule has 144 valence electrons. The molecule has 0 radical (unpaired) electrons. The van der Waals surface area contributed by atoms with Crippen LogP contribution >= 0.6 is 0 Å². The number of benzene rings is 1. The fraction of sp³-hybridized carbons (Fsp3) is 0.368. The standard InChI is InChI=1S/C19H20F3N3O2/c1-27-10-8-23-18(26)13-5-6-17(24-11-13)25-9-7-15-14(12-25)3-2-4-16(15)19(20,21)22/h2-6,11H,7-10,12H2,1H3,(H,23,26). The Balaban J connectivity index is 1.72. The van der Waals surface area contributed by atoms with E-state index in [9.17, 15) is 18.0 Å². The van der Waals surface area contributed by atoms with Crippen molar-refractivity contribution >= 4 is 11.7 Å². The number of alkyl halides is 3. The summed E-state index contributed by atoms with van der Waals surface area (Å²) in [4.78, 5) is 18.2. The Hall–Kier alpha value is -2.61. The first-order chi connectivity index (χ1) is 12.9. The van der Waals surface area contributed by atoms with Gasteiger partial charge in [-0.1, -0.05) is 12.1 Å². The van der Waals surface area contributed by atoms with Crippen molar-refractivity contribution in [1.82, 2.24) is 10.3 Å². The second kappa shape index (κ2) is 7.96. The molecule has 0 saturated heterocycles. The van der Waals surface area contributed by atoms with Crippen LogP contribution in [0.4, 0.5) is 19.0 Å². The minimum atomic E-state index is -4.34. The minimum absolute atomic E-state index is 0.245. The van der Waals surface area contributed by atoms with Gasteiger partial charge >= 0.3 is 6.18 Å². The molecule has 0 bridgehead atoms. The van der Waals surface area contributed by atoms with E-state index in [2.05, 4.69) is 10.3 Å². The van der Waals surface area contributed by atoms with Crippen molar-refractivity contribution in [2.75, 3.05) is 31.7 Å². The summed E-state index contributed by atoms with van der Waals surface area (Å²) < 4.78 is 44.3. The van der Waals surface area contributed by atoms with E-state index in [4.69, 9.17) is 4.74 Å². The molecule has 1 amide bonds. The highest BCUT2D eigenvalue weighted by molar-refractivity contribution is 5.94. The number of rotatable bonds is 5. The molecule has 1 aliphatic heterocycles.